The summed E-state index contributed by atoms with van der Waals surface area (Å²) in [4.78, 5) is 38.7. The summed E-state index contributed by atoms with van der Waals surface area (Å²) in [5, 5.41) is 8.17. The molecular formula is C20H30N4O3. The van der Waals surface area contributed by atoms with Gasteiger partial charge in [-0.1, -0.05) is 43.2 Å². The maximum absolute atomic E-state index is 12.9. The van der Waals surface area contributed by atoms with E-state index in [2.05, 4.69) is 16.0 Å². The average Bonchev–Trinajstić information content (AvgIpc) is 2.71. The molecule has 1 aromatic rings. The Morgan fingerprint density at radius 1 is 1.11 bits per heavy atom. The molecule has 1 aromatic carbocycles. The molecule has 1 aliphatic rings. The van der Waals surface area contributed by atoms with Gasteiger partial charge in [0.15, 0.2) is 0 Å². The van der Waals surface area contributed by atoms with Crippen LogP contribution in [0.5, 0.6) is 0 Å². The summed E-state index contributed by atoms with van der Waals surface area (Å²) in [6, 6.07) is 8.91. The molecule has 1 aliphatic heterocycles. The Morgan fingerprint density at radius 3 is 2.59 bits per heavy atom. The van der Waals surface area contributed by atoms with Gasteiger partial charge in [0.2, 0.25) is 11.8 Å². The van der Waals surface area contributed by atoms with Crippen molar-refractivity contribution in [3.8, 4) is 0 Å². The van der Waals surface area contributed by atoms with Crippen LogP contribution in [0.2, 0.25) is 0 Å². The van der Waals surface area contributed by atoms with Crippen LogP contribution in [0.1, 0.15) is 50.6 Å². The molecule has 0 aromatic heterocycles. The van der Waals surface area contributed by atoms with Crippen LogP contribution in [0.4, 0.5) is 4.79 Å². The van der Waals surface area contributed by atoms with E-state index in [1.807, 2.05) is 37.3 Å². The van der Waals surface area contributed by atoms with Crippen molar-refractivity contribution >= 4 is 17.8 Å². The molecule has 7 heteroatoms. The summed E-state index contributed by atoms with van der Waals surface area (Å²) in [5.41, 5.74) is 0.929. The number of carbonyl (C=O) groups is 3. The third-order valence-corrected chi connectivity index (χ3v) is 4.65. The third kappa shape index (κ3) is 6.92. The Kier molecular flexibility index (Phi) is 8.61. The van der Waals surface area contributed by atoms with E-state index in [-0.39, 0.29) is 36.9 Å². The minimum atomic E-state index is -0.363. The van der Waals surface area contributed by atoms with E-state index in [9.17, 15) is 14.4 Å². The van der Waals surface area contributed by atoms with Crippen LogP contribution >= 0.6 is 0 Å². The molecule has 7 nitrogen and oxygen atoms in total. The second kappa shape index (κ2) is 11.2. The van der Waals surface area contributed by atoms with Gasteiger partial charge < -0.3 is 20.9 Å². The maximum atomic E-state index is 12.9. The van der Waals surface area contributed by atoms with Crippen LogP contribution in [0.15, 0.2) is 30.3 Å². The first kappa shape index (κ1) is 20.7. The van der Waals surface area contributed by atoms with Crippen molar-refractivity contribution < 1.29 is 14.4 Å². The fourth-order valence-corrected chi connectivity index (χ4v) is 3.25. The molecule has 0 aliphatic carbocycles. The van der Waals surface area contributed by atoms with Crippen molar-refractivity contribution in [1.29, 1.82) is 0 Å². The highest BCUT2D eigenvalue weighted by Gasteiger charge is 2.27. The summed E-state index contributed by atoms with van der Waals surface area (Å²) >= 11 is 0. The first-order chi connectivity index (χ1) is 13.1. The molecule has 4 amide bonds. The fourth-order valence-electron chi connectivity index (χ4n) is 3.25. The molecular weight excluding hydrogens is 344 g/mol. The molecule has 2 rings (SSSR count). The van der Waals surface area contributed by atoms with Crippen molar-refractivity contribution in [2.45, 2.75) is 45.1 Å². The van der Waals surface area contributed by atoms with Crippen molar-refractivity contribution in [3.05, 3.63) is 35.9 Å². The lowest BCUT2D eigenvalue weighted by atomic mass is 10.0. The SMILES string of the molecule is CCNC(=O)NCC(=O)N1CCCCCCNC(=O)CC1c1ccccc1. The van der Waals surface area contributed by atoms with Crippen LogP contribution in [0.3, 0.4) is 0 Å². The number of nitrogens with zero attached hydrogens (tertiary/aromatic N) is 1. The largest absolute Gasteiger partial charge is 0.356 e. The topological polar surface area (TPSA) is 90.5 Å². The number of rotatable bonds is 4. The van der Waals surface area contributed by atoms with E-state index in [0.29, 0.717) is 19.6 Å². The van der Waals surface area contributed by atoms with Crippen LogP contribution in [-0.2, 0) is 9.59 Å². The third-order valence-electron chi connectivity index (χ3n) is 4.65. The zero-order valence-corrected chi connectivity index (χ0v) is 16.0. The van der Waals surface area contributed by atoms with Crippen molar-refractivity contribution in [2.75, 3.05) is 26.2 Å². The molecule has 1 fully saturated rings. The quantitative estimate of drug-likeness (QED) is 0.752. The molecule has 1 saturated heterocycles. The summed E-state index contributed by atoms with van der Waals surface area (Å²) in [6.45, 7) is 3.47. The van der Waals surface area contributed by atoms with E-state index in [0.717, 1.165) is 31.2 Å². The lowest BCUT2D eigenvalue weighted by molar-refractivity contribution is -0.134. The summed E-state index contributed by atoms with van der Waals surface area (Å²) in [5.74, 6) is -0.234. The minimum absolute atomic E-state index is 0.0553. The second-order valence-electron chi connectivity index (χ2n) is 6.69. The van der Waals surface area contributed by atoms with Gasteiger partial charge in [-0.3, -0.25) is 9.59 Å². The molecule has 0 radical (unpaired) electrons. The van der Waals surface area contributed by atoms with E-state index in [1.165, 1.54) is 0 Å². The molecule has 0 saturated carbocycles. The molecule has 1 unspecified atom stereocenters. The normalized spacial score (nSPS) is 18.8. The van der Waals surface area contributed by atoms with E-state index < -0.39 is 0 Å². The average molecular weight is 374 g/mol. The Balaban J connectivity index is 2.19. The first-order valence-corrected chi connectivity index (χ1v) is 9.74. The van der Waals surface area contributed by atoms with Gasteiger partial charge in [0, 0.05) is 19.6 Å². The predicted octanol–water partition coefficient (Wildman–Crippen LogP) is 1.96. The van der Waals surface area contributed by atoms with Crippen LogP contribution in [0, 0.1) is 0 Å². The molecule has 1 heterocycles. The van der Waals surface area contributed by atoms with Gasteiger partial charge in [-0.05, 0) is 25.3 Å². The predicted molar refractivity (Wildman–Crippen MR) is 104 cm³/mol. The number of nitrogens with one attached hydrogen (secondary N) is 3. The molecule has 0 spiro atoms. The highest BCUT2D eigenvalue weighted by Crippen LogP contribution is 2.25. The smallest absolute Gasteiger partial charge is 0.315 e. The summed E-state index contributed by atoms with van der Waals surface area (Å²) < 4.78 is 0. The van der Waals surface area contributed by atoms with Gasteiger partial charge in [0.1, 0.15) is 0 Å². The first-order valence-electron chi connectivity index (χ1n) is 9.74. The Morgan fingerprint density at radius 2 is 1.85 bits per heavy atom. The Bertz CT molecular complexity index is 621. The van der Waals surface area contributed by atoms with Gasteiger partial charge >= 0.3 is 6.03 Å². The highest BCUT2D eigenvalue weighted by atomic mass is 16.2. The molecule has 1 atom stereocenters. The van der Waals surface area contributed by atoms with Gasteiger partial charge in [0.25, 0.3) is 0 Å². The number of benzene rings is 1. The Labute approximate surface area is 160 Å². The monoisotopic (exact) mass is 374 g/mol. The van der Waals surface area contributed by atoms with Gasteiger partial charge in [-0.25, -0.2) is 4.79 Å². The van der Waals surface area contributed by atoms with Crippen molar-refractivity contribution in [1.82, 2.24) is 20.9 Å². The van der Waals surface area contributed by atoms with Crippen LogP contribution < -0.4 is 16.0 Å². The van der Waals surface area contributed by atoms with Gasteiger partial charge in [0.05, 0.1) is 19.0 Å². The molecule has 27 heavy (non-hydrogen) atoms. The van der Waals surface area contributed by atoms with Crippen LogP contribution in [-0.4, -0.2) is 48.9 Å². The number of carbonyl (C=O) groups excluding carboxylic acids is 3. The number of hydrogen-bond donors (Lipinski definition) is 3. The fraction of sp³-hybridized carbons (Fsp3) is 0.550. The van der Waals surface area contributed by atoms with Gasteiger partial charge in [-0.15, -0.1) is 0 Å². The summed E-state index contributed by atoms with van der Waals surface area (Å²) in [6.07, 6.45) is 4.08. The number of urea groups is 1. The number of amides is 4. The highest BCUT2D eigenvalue weighted by molar-refractivity contribution is 5.85. The zero-order valence-electron chi connectivity index (χ0n) is 16.0. The lowest BCUT2D eigenvalue weighted by Crippen LogP contribution is -2.46. The van der Waals surface area contributed by atoms with Crippen molar-refractivity contribution in [2.24, 2.45) is 0 Å². The maximum Gasteiger partial charge on any atom is 0.315 e. The standard InChI is InChI=1S/C20H30N4O3/c1-2-21-20(27)23-15-19(26)24-13-9-4-3-8-12-22-18(25)14-17(24)16-10-6-5-7-11-16/h5-7,10-11,17H,2-4,8-9,12-15H2,1H3,(H,22,25)(H2,21,23,27). The van der Waals surface area contributed by atoms with E-state index in [4.69, 9.17) is 0 Å². The number of hydrogen-bond acceptors (Lipinski definition) is 3. The Hall–Kier alpha value is -2.57. The lowest BCUT2D eigenvalue weighted by Gasteiger charge is -2.32. The van der Waals surface area contributed by atoms with E-state index in [1.54, 1.807) is 4.90 Å². The molecule has 3 N–H and O–H groups in total. The summed E-state index contributed by atoms with van der Waals surface area (Å²) in [7, 11) is 0. The minimum Gasteiger partial charge on any atom is -0.356 e. The van der Waals surface area contributed by atoms with Gasteiger partial charge in [-0.2, -0.15) is 0 Å². The van der Waals surface area contributed by atoms with E-state index >= 15 is 0 Å². The second-order valence-corrected chi connectivity index (χ2v) is 6.69. The zero-order chi connectivity index (χ0) is 19.5. The van der Waals surface area contributed by atoms with Crippen LogP contribution in [0.25, 0.3) is 0 Å². The van der Waals surface area contributed by atoms with Crippen molar-refractivity contribution in [3.63, 3.8) is 0 Å². The molecule has 0 bridgehead atoms. The molecule has 148 valence electrons.